The molecule has 5 nitrogen and oxygen atoms in total. The fourth-order valence-electron chi connectivity index (χ4n) is 2.95. The summed E-state index contributed by atoms with van der Waals surface area (Å²) in [6.45, 7) is 0.275. The molecule has 1 saturated carbocycles. The quantitative estimate of drug-likeness (QED) is 0.791. The first-order chi connectivity index (χ1) is 9.09. The van der Waals surface area contributed by atoms with Gasteiger partial charge in [-0.2, -0.15) is 0 Å². The predicted molar refractivity (Wildman–Crippen MR) is 66.3 cm³/mol. The molecule has 0 radical (unpaired) electrons. The second-order valence-corrected chi connectivity index (χ2v) is 5.13. The Hall–Kier alpha value is -2.17. The van der Waals surface area contributed by atoms with Crippen LogP contribution in [0.3, 0.4) is 0 Å². The molecule has 2 aliphatic rings. The second kappa shape index (κ2) is 4.19. The molecule has 1 aromatic rings. The number of primary amides is 1. The average molecular weight is 258 g/mol. The third-order valence-electron chi connectivity index (χ3n) is 4.06. The number of benzene rings is 1. The number of carbonyl (C=O) groups is 3. The van der Waals surface area contributed by atoms with E-state index in [1.807, 2.05) is 30.3 Å². The van der Waals surface area contributed by atoms with Gasteiger partial charge in [0.05, 0.1) is 24.3 Å². The number of amides is 3. The van der Waals surface area contributed by atoms with Crippen LogP contribution >= 0.6 is 0 Å². The number of imide groups is 1. The van der Waals surface area contributed by atoms with Gasteiger partial charge in [-0.15, -0.1) is 0 Å². The van der Waals surface area contributed by atoms with Gasteiger partial charge in [-0.25, -0.2) is 0 Å². The summed E-state index contributed by atoms with van der Waals surface area (Å²) in [5.41, 5.74) is 6.14. The summed E-state index contributed by atoms with van der Waals surface area (Å²) < 4.78 is 0. The lowest BCUT2D eigenvalue weighted by molar-refractivity contribution is -0.142. The highest BCUT2D eigenvalue weighted by molar-refractivity contribution is 6.08. The topological polar surface area (TPSA) is 80.5 Å². The SMILES string of the molecule is NC(=O)[C@H]1C[C@@H]2C(=O)N(Cc3ccccc3)C(=O)[C@H]12. The van der Waals surface area contributed by atoms with Gasteiger partial charge in [0, 0.05) is 0 Å². The van der Waals surface area contributed by atoms with Crippen LogP contribution in [0.1, 0.15) is 12.0 Å². The molecule has 3 rings (SSSR count). The highest BCUT2D eigenvalue weighted by atomic mass is 16.2. The minimum absolute atomic E-state index is 0.170. The van der Waals surface area contributed by atoms with Crippen molar-refractivity contribution in [1.82, 2.24) is 4.90 Å². The molecule has 1 aromatic carbocycles. The van der Waals surface area contributed by atoms with Gasteiger partial charge in [0.2, 0.25) is 17.7 Å². The Morgan fingerprint density at radius 3 is 2.53 bits per heavy atom. The third-order valence-corrected chi connectivity index (χ3v) is 4.06. The predicted octanol–water partition coefficient (Wildman–Crippen LogP) is 0.293. The molecule has 98 valence electrons. The summed E-state index contributed by atoms with van der Waals surface area (Å²) in [4.78, 5) is 36.7. The number of fused-ring (bicyclic) bond motifs is 1. The molecule has 0 bridgehead atoms. The van der Waals surface area contributed by atoms with Crippen molar-refractivity contribution in [1.29, 1.82) is 0 Å². The van der Waals surface area contributed by atoms with E-state index in [0.29, 0.717) is 6.42 Å². The number of nitrogens with two attached hydrogens (primary N) is 1. The number of nitrogens with zero attached hydrogens (tertiary/aromatic N) is 1. The van der Waals surface area contributed by atoms with Gasteiger partial charge in [0.1, 0.15) is 0 Å². The van der Waals surface area contributed by atoms with E-state index in [9.17, 15) is 14.4 Å². The fraction of sp³-hybridized carbons (Fsp3) is 0.357. The summed E-state index contributed by atoms with van der Waals surface area (Å²) >= 11 is 0. The van der Waals surface area contributed by atoms with Crippen LogP contribution < -0.4 is 5.73 Å². The Morgan fingerprint density at radius 1 is 1.21 bits per heavy atom. The zero-order valence-corrected chi connectivity index (χ0v) is 10.3. The number of hydrogen-bond donors (Lipinski definition) is 1. The van der Waals surface area contributed by atoms with Gasteiger partial charge in [-0.1, -0.05) is 30.3 Å². The van der Waals surface area contributed by atoms with E-state index in [-0.39, 0.29) is 24.3 Å². The van der Waals surface area contributed by atoms with Crippen molar-refractivity contribution in [2.45, 2.75) is 13.0 Å². The minimum Gasteiger partial charge on any atom is -0.369 e. The van der Waals surface area contributed by atoms with Crippen molar-refractivity contribution in [3.05, 3.63) is 35.9 Å². The molecular weight excluding hydrogens is 244 g/mol. The van der Waals surface area contributed by atoms with Gasteiger partial charge >= 0.3 is 0 Å². The van der Waals surface area contributed by atoms with Crippen molar-refractivity contribution in [2.24, 2.45) is 23.5 Å². The van der Waals surface area contributed by atoms with Crippen LogP contribution in [0.2, 0.25) is 0 Å². The van der Waals surface area contributed by atoms with Crippen LogP contribution in [0.4, 0.5) is 0 Å². The first-order valence-corrected chi connectivity index (χ1v) is 6.28. The van der Waals surface area contributed by atoms with Crippen LogP contribution in [-0.2, 0) is 20.9 Å². The van der Waals surface area contributed by atoms with Crippen LogP contribution in [0, 0.1) is 17.8 Å². The molecule has 5 heteroatoms. The molecule has 1 saturated heterocycles. The van der Waals surface area contributed by atoms with Gasteiger partial charge < -0.3 is 5.73 Å². The monoisotopic (exact) mass is 258 g/mol. The minimum atomic E-state index is -0.520. The lowest BCUT2D eigenvalue weighted by Gasteiger charge is -2.33. The molecule has 0 spiro atoms. The zero-order chi connectivity index (χ0) is 13.6. The molecule has 1 aliphatic carbocycles. The van der Waals surface area contributed by atoms with Crippen LogP contribution in [-0.4, -0.2) is 22.6 Å². The largest absolute Gasteiger partial charge is 0.369 e. The van der Waals surface area contributed by atoms with E-state index in [2.05, 4.69) is 0 Å². The summed E-state index contributed by atoms with van der Waals surface area (Å²) in [6.07, 6.45) is 0.413. The molecule has 3 amide bonds. The Labute approximate surface area is 110 Å². The van der Waals surface area contributed by atoms with Crippen molar-refractivity contribution in [2.75, 3.05) is 0 Å². The van der Waals surface area contributed by atoms with Crippen LogP contribution in [0.25, 0.3) is 0 Å². The number of carbonyl (C=O) groups excluding carboxylic acids is 3. The first-order valence-electron chi connectivity index (χ1n) is 6.28. The van der Waals surface area contributed by atoms with E-state index in [4.69, 9.17) is 5.73 Å². The zero-order valence-electron chi connectivity index (χ0n) is 10.3. The first kappa shape index (κ1) is 11.9. The molecule has 2 N–H and O–H groups in total. The summed E-state index contributed by atoms with van der Waals surface area (Å²) in [7, 11) is 0. The second-order valence-electron chi connectivity index (χ2n) is 5.13. The highest BCUT2D eigenvalue weighted by Crippen LogP contribution is 2.47. The van der Waals surface area contributed by atoms with Crippen LogP contribution in [0.15, 0.2) is 30.3 Å². The molecule has 3 atom stereocenters. The van der Waals surface area contributed by atoms with Gasteiger partial charge in [-0.05, 0) is 12.0 Å². The molecule has 2 fully saturated rings. The molecule has 0 aromatic heterocycles. The van der Waals surface area contributed by atoms with Gasteiger partial charge in [0.25, 0.3) is 0 Å². The fourth-order valence-corrected chi connectivity index (χ4v) is 2.95. The molecular formula is C14H14N2O3. The lowest BCUT2D eigenvalue weighted by Crippen LogP contribution is -2.46. The average Bonchev–Trinajstić information content (AvgIpc) is 2.50. The van der Waals surface area contributed by atoms with Gasteiger partial charge in [0.15, 0.2) is 0 Å². The van der Waals surface area contributed by atoms with Gasteiger partial charge in [-0.3, -0.25) is 19.3 Å². The van der Waals surface area contributed by atoms with Crippen molar-refractivity contribution in [3.63, 3.8) is 0 Å². The Balaban J connectivity index is 1.79. The maximum absolute atomic E-state index is 12.2. The molecule has 0 unspecified atom stereocenters. The standard InChI is InChI=1S/C14H14N2O3/c15-12(17)9-6-10-11(9)14(19)16(13(10)18)7-8-4-2-1-3-5-8/h1-5,9-11H,6-7H2,(H2,15,17)/t9-,10-,11+/m0/s1. The molecule has 1 heterocycles. The maximum Gasteiger partial charge on any atom is 0.234 e. The van der Waals surface area contributed by atoms with Crippen molar-refractivity contribution >= 4 is 17.7 Å². The van der Waals surface area contributed by atoms with Crippen molar-refractivity contribution in [3.8, 4) is 0 Å². The normalized spacial score (nSPS) is 29.1. The number of hydrogen-bond acceptors (Lipinski definition) is 3. The Bertz CT molecular complexity index is 555. The molecule has 19 heavy (non-hydrogen) atoms. The van der Waals surface area contributed by atoms with E-state index in [1.54, 1.807) is 0 Å². The number of likely N-dealkylation sites (tertiary alicyclic amines) is 1. The van der Waals surface area contributed by atoms with E-state index in [1.165, 1.54) is 4.90 Å². The van der Waals surface area contributed by atoms with E-state index >= 15 is 0 Å². The summed E-state index contributed by atoms with van der Waals surface area (Å²) in [5.74, 6) is -2.24. The molecule has 1 aliphatic heterocycles. The smallest absolute Gasteiger partial charge is 0.234 e. The summed E-state index contributed by atoms with van der Waals surface area (Å²) in [5, 5.41) is 0. The number of rotatable bonds is 3. The third kappa shape index (κ3) is 1.73. The van der Waals surface area contributed by atoms with E-state index < -0.39 is 17.7 Å². The van der Waals surface area contributed by atoms with E-state index in [0.717, 1.165) is 5.56 Å². The highest BCUT2D eigenvalue weighted by Gasteiger charge is 2.60. The lowest BCUT2D eigenvalue weighted by atomic mass is 9.66. The summed E-state index contributed by atoms with van der Waals surface area (Å²) in [6, 6.07) is 9.34. The van der Waals surface area contributed by atoms with Crippen LogP contribution in [0.5, 0.6) is 0 Å². The Kier molecular flexibility index (Phi) is 2.62. The maximum atomic E-state index is 12.2. The Morgan fingerprint density at radius 2 is 1.89 bits per heavy atom. The van der Waals surface area contributed by atoms with Crippen molar-refractivity contribution < 1.29 is 14.4 Å².